The van der Waals surface area contributed by atoms with Crippen LogP contribution in [-0.4, -0.2) is 19.0 Å². The third-order valence-corrected chi connectivity index (χ3v) is 2.85. The molecule has 0 aliphatic heterocycles. The molecule has 1 aromatic rings. The molecule has 0 aromatic carbocycles. The van der Waals surface area contributed by atoms with Gasteiger partial charge in [0.15, 0.2) is 5.78 Å². The van der Waals surface area contributed by atoms with Gasteiger partial charge in [-0.1, -0.05) is 19.9 Å². The molecule has 0 saturated heterocycles. The second kappa shape index (κ2) is 6.75. The topological polar surface area (TPSA) is 26.3 Å². The van der Waals surface area contributed by atoms with Crippen molar-refractivity contribution in [2.45, 2.75) is 26.7 Å². The van der Waals surface area contributed by atoms with E-state index >= 15 is 0 Å². The van der Waals surface area contributed by atoms with Crippen molar-refractivity contribution >= 4 is 17.1 Å². The van der Waals surface area contributed by atoms with Gasteiger partial charge in [0.1, 0.15) is 0 Å². The van der Waals surface area contributed by atoms with E-state index in [0.717, 1.165) is 17.9 Å². The van der Waals surface area contributed by atoms with Crippen LogP contribution in [0, 0.1) is 5.92 Å². The molecule has 0 amide bonds. The van der Waals surface area contributed by atoms with E-state index in [0.29, 0.717) is 18.9 Å². The standard InChI is InChI=1S/C12H18O2S/c1-10(2)9-14-7-3-5-11(13)12-6-4-8-15-12/h4,6,8,10H,3,5,7,9H2,1-2H3. The maximum absolute atomic E-state index is 11.6. The lowest BCUT2D eigenvalue weighted by atomic mass is 10.2. The van der Waals surface area contributed by atoms with Gasteiger partial charge in [-0.25, -0.2) is 0 Å². The van der Waals surface area contributed by atoms with Crippen LogP contribution in [0.25, 0.3) is 0 Å². The smallest absolute Gasteiger partial charge is 0.172 e. The minimum absolute atomic E-state index is 0.234. The summed E-state index contributed by atoms with van der Waals surface area (Å²) in [6.45, 7) is 5.72. The van der Waals surface area contributed by atoms with Crippen LogP contribution in [0.3, 0.4) is 0 Å². The summed E-state index contributed by atoms with van der Waals surface area (Å²) in [5.74, 6) is 0.802. The van der Waals surface area contributed by atoms with Crippen LogP contribution in [0.4, 0.5) is 0 Å². The summed E-state index contributed by atoms with van der Waals surface area (Å²) in [6, 6.07) is 3.79. The Morgan fingerprint density at radius 1 is 1.53 bits per heavy atom. The van der Waals surface area contributed by atoms with Crippen LogP contribution in [0.1, 0.15) is 36.4 Å². The van der Waals surface area contributed by atoms with E-state index in [1.54, 1.807) is 0 Å². The molecule has 84 valence electrons. The molecule has 0 aliphatic rings. The Morgan fingerprint density at radius 2 is 2.33 bits per heavy atom. The molecule has 0 N–H and O–H groups in total. The number of hydrogen-bond acceptors (Lipinski definition) is 3. The van der Waals surface area contributed by atoms with Crippen molar-refractivity contribution in [3.8, 4) is 0 Å². The second-order valence-corrected chi connectivity index (χ2v) is 4.92. The number of hydrogen-bond donors (Lipinski definition) is 0. The molecule has 1 aromatic heterocycles. The van der Waals surface area contributed by atoms with E-state index in [4.69, 9.17) is 4.74 Å². The Bertz CT molecular complexity index is 278. The number of thiophene rings is 1. The van der Waals surface area contributed by atoms with Gasteiger partial charge in [-0.05, 0) is 23.8 Å². The molecule has 2 nitrogen and oxygen atoms in total. The Balaban J connectivity index is 2.08. The first-order valence-electron chi connectivity index (χ1n) is 5.34. The number of ketones is 1. The fourth-order valence-electron chi connectivity index (χ4n) is 1.21. The number of carbonyl (C=O) groups is 1. The largest absolute Gasteiger partial charge is 0.381 e. The van der Waals surface area contributed by atoms with Crippen molar-refractivity contribution in [3.05, 3.63) is 22.4 Å². The van der Waals surface area contributed by atoms with Crippen molar-refractivity contribution in [1.29, 1.82) is 0 Å². The molecule has 0 fully saturated rings. The third-order valence-electron chi connectivity index (χ3n) is 1.94. The SMILES string of the molecule is CC(C)COCCCC(=O)c1cccs1. The first kappa shape index (κ1) is 12.4. The van der Waals surface area contributed by atoms with Crippen LogP contribution in [-0.2, 0) is 4.74 Å². The van der Waals surface area contributed by atoms with Crippen molar-refractivity contribution in [2.75, 3.05) is 13.2 Å². The Morgan fingerprint density at radius 3 is 2.93 bits per heavy atom. The molecule has 0 atom stereocenters. The van der Waals surface area contributed by atoms with Gasteiger partial charge in [0.25, 0.3) is 0 Å². The van der Waals surface area contributed by atoms with Crippen LogP contribution >= 0.6 is 11.3 Å². The van der Waals surface area contributed by atoms with Gasteiger partial charge in [-0.3, -0.25) is 4.79 Å². The summed E-state index contributed by atoms with van der Waals surface area (Å²) >= 11 is 1.51. The molecule has 0 bridgehead atoms. The van der Waals surface area contributed by atoms with Gasteiger partial charge in [-0.15, -0.1) is 11.3 Å². The molecule has 0 saturated carbocycles. The summed E-state index contributed by atoms with van der Waals surface area (Å²) in [5.41, 5.74) is 0. The highest BCUT2D eigenvalue weighted by molar-refractivity contribution is 7.12. The van der Waals surface area contributed by atoms with Gasteiger partial charge >= 0.3 is 0 Å². The predicted octanol–water partition coefficient (Wildman–Crippen LogP) is 3.38. The van der Waals surface area contributed by atoms with E-state index in [1.165, 1.54) is 11.3 Å². The van der Waals surface area contributed by atoms with E-state index in [1.807, 2.05) is 17.5 Å². The van der Waals surface area contributed by atoms with E-state index in [2.05, 4.69) is 13.8 Å². The van der Waals surface area contributed by atoms with Gasteiger partial charge in [0.05, 0.1) is 4.88 Å². The van der Waals surface area contributed by atoms with Gasteiger partial charge < -0.3 is 4.74 Å². The zero-order chi connectivity index (χ0) is 11.1. The summed E-state index contributed by atoms with van der Waals surface area (Å²) in [6.07, 6.45) is 1.42. The maximum Gasteiger partial charge on any atom is 0.172 e. The van der Waals surface area contributed by atoms with Crippen molar-refractivity contribution in [2.24, 2.45) is 5.92 Å². The highest BCUT2D eigenvalue weighted by atomic mass is 32.1. The van der Waals surface area contributed by atoms with Crippen LogP contribution in [0.2, 0.25) is 0 Å². The van der Waals surface area contributed by atoms with Crippen molar-refractivity contribution in [3.63, 3.8) is 0 Å². The molecule has 0 spiro atoms. The quantitative estimate of drug-likeness (QED) is 0.526. The Hall–Kier alpha value is -0.670. The van der Waals surface area contributed by atoms with Crippen LogP contribution < -0.4 is 0 Å². The minimum Gasteiger partial charge on any atom is -0.381 e. The first-order chi connectivity index (χ1) is 7.20. The number of ether oxygens (including phenoxy) is 1. The lowest BCUT2D eigenvalue weighted by Gasteiger charge is -2.05. The first-order valence-corrected chi connectivity index (χ1v) is 6.22. The average Bonchev–Trinajstić information content (AvgIpc) is 2.69. The molecule has 3 heteroatoms. The molecule has 1 heterocycles. The lowest BCUT2D eigenvalue weighted by Crippen LogP contribution is -2.05. The zero-order valence-corrected chi connectivity index (χ0v) is 10.2. The van der Waals surface area contributed by atoms with E-state index < -0.39 is 0 Å². The van der Waals surface area contributed by atoms with Crippen molar-refractivity contribution < 1.29 is 9.53 Å². The Labute approximate surface area is 95.3 Å². The highest BCUT2D eigenvalue weighted by Gasteiger charge is 2.05. The Kier molecular flexibility index (Phi) is 5.58. The molecule has 15 heavy (non-hydrogen) atoms. The van der Waals surface area contributed by atoms with Gasteiger partial charge in [0, 0.05) is 19.6 Å². The molecule has 0 radical (unpaired) electrons. The van der Waals surface area contributed by atoms with Gasteiger partial charge in [-0.2, -0.15) is 0 Å². The number of Topliss-reactive ketones (excluding diaryl/α,β-unsaturated/α-hetero) is 1. The van der Waals surface area contributed by atoms with Crippen molar-refractivity contribution in [1.82, 2.24) is 0 Å². The molecule has 0 unspecified atom stereocenters. The normalized spacial score (nSPS) is 10.9. The number of carbonyl (C=O) groups excluding carboxylic acids is 1. The monoisotopic (exact) mass is 226 g/mol. The highest BCUT2D eigenvalue weighted by Crippen LogP contribution is 2.12. The third kappa shape index (κ3) is 5.09. The lowest BCUT2D eigenvalue weighted by molar-refractivity contribution is 0.0901. The summed E-state index contributed by atoms with van der Waals surface area (Å²) in [5, 5.41) is 1.93. The van der Waals surface area contributed by atoms with Gasteiger partial charge in [0.2, 0.25) is 0 Å². The van der Waals surface area contributed by atoms with E-state index in [-0.39, 0.29) is 5.78 Å². The van der Waals surface area contributed by atoms with Crippen LogP contribution in [0.5, 0.6) is 0 Å². The van der Waals surface area contributed by atoms with E-state index in [9.17, 15) is 4.79 Å². The average molecular weight is 226 g/mol. The fourth-order valence-corrected chi connectivity index (χ4v) is 1.91. The molecule has 0 aliphatic carbocycles. The fraction of sp³-hybridized carbons (Fsp3) is 0.583. The number of rotatable bonds is 7. The predicted molar refractivity (Wildman–Crippen MR) is 63.5 cm³/mol. The maximum atomic E-state index is 11.6. The molecular weight excluding hydrogens is 208 g/mol. The summed E-state index contributed by atoms with van der Waals surface area (Å²) < 4.78 is 5.41. The van der Waals surface area contributed by atoms with Crippen LogP contribution in [0.15, 0.2) is 17.5 Å². The summed E-state index contributed by atoms with van der Waals surface area (Å²) in [7, 11) is 0. The second-order valence-electron chi connectivity index (χ2n) is 3.97. The molecular formula is C12H18O2S. The molecule has 1 rings (SSSR count). The zero-order valence-electron chi connectivity index (χ0n) is 9.36. The summed E-state index contributed by atoms with van der Waals surface area (Å²) in [4.78, 5) is 12.4. The minimum atomic E-state index is 0.234.